The molecular formula is C33H39ClF3N5O3S. The average molecular weight is 678 g/mol. The Balaban J connectivity index is 1.71. The van der Waals surface area contributed by atoms with Gasteiger partial charge in [-0.3, -0.25) is 14.4 Å². The van der Waals surface area contributed by atoms with Crippen molar-refractivity contribution < 1.29 is 27.6 Å². The number of hydrogen-bond donors (Lipinski definition) is 5. The van der Waals surface area contributed by atoms with Crippen molar-refractivity contribution >= 4 is 57.4 Å². The number of nitrogens with two attached hydrogens (primary N) is 1. The van der Waals surface area contributed by atoms with E-state index in [9.17, 15) is 27.6 Å². The fourth-order valence-corrected chi connectivity index (χ4v) is 6.48. The van der Waals surface area contributed by atoms with Gasteiger partial charge in [0.1, 0.15) is 29.0 Å². The second kappa shape index (κ2) is 14.4. The molecule has 1 aliphatic rings. The number of amides is 3. The molecule has 0 aliphatic heterocycles. The molecular weight excluding hydrogens is 639 g/mol. The van der Waals surface area contributed by atoms with Crippen LogP contribution in [0.3, 0.4) is 0 Å². The maximum absolute atomic E-state index is 14.5. The van der Waals surface area contributed by atoms with Crippen LogP contribution in [0.15, 0.2) is 30.3 Å². The smallest absolute Gasteiger partial charge is 0.246 e. The molecule has 0 radical (unpaired) electrons. The summed E-state index contributed by atoms with van der Waals surface area (Å²) in [5.74, 6) is -4.80. The van der Waals surface area contributed by atoms with Crippen molar-refractivity contribution in [1.82, 2.24) is 20.9 Å². The summed E-state index contributed by atoms with van der Waals surface area (Å²) in [6, 6.07) is 4.00. The van der Waals surface area contributed by atoms with Crippen molar-refractivity contribution in [2.45, 2.75) is 83.8 Å². The van der Waals surface area contributed by atoms with E-state index in [0.717, 1.165) is 17.8 Å². The number of aromatic amines is 1. The van der Waals surface area contributed by atoms with Crippen LogP contribution in [-0.2, 0) is 33.6 Å². The average Bonchev–Trinajstić information content (AvgIpc) is 3.37. The predicted molar refractivity (Wildman–Crippen MR) is 176 cm³/mol. The number of aryl methyl sites for hydroxylation is 1. The highest BCUT2D eigenvalue weighted by atomic mass is 35.5. The normalized spacial score (nSPS) is 18.6. The van der Waals surface area contributed by atoms with Crippen molar-refractivity contribution in [2.75, 3.05) is 0 Å². The number of aromatic nitrogens is 1. The largest absolute Gasteiger partial charge is 0.392 e. The summed E-state index contributed by atoms with van der Waals surface area (Å²) in [5.41, 5.74) is 5.93. The zero-order valence-electron chi connectivity index (χ0n) is 26.2. The van der Waals surface area contributed by atoms with Gasteiger partial charge in [0.25, 0.3) is 0 Å². The SMILES string of the molecule is CCC(C)[C@H](NC(=O)Cc1c(F)cccc1F)C(=O)N[C@]1(C(=O)NC(C(N)=S)[C@@H](C)CC)CCc2[nH]c3c(Cl)cc(F)cc3c2C1. The molecule has 0 saturated heterocycles. The number of fused-ring (bicyclic) bond motifs is 3. The van der Waals surface area contributed by atoms with Gasteiger partial charge in [-0.1, -0.05) is 70.4 Å². The summed E-state index contributed by atoms with van der Waals surface area (Å²) in [6.45, 7) is 7.40. The Morgan fingerprint density at radius 2 is 1.67 bits per heavy atom. The van der Waals surface area contributed by atoms with E-state index < -0.39 is 70.7 Å². The molecule has 248 valence electrons. The zero-order chi connectivity index (χ0) is 33.9. The van der Waals surface area contributed by atoms with Gasteiger partial charge < -0.3 is 26.7 Å². The molecule has 13 heteroatoms. The van der Waals surface area contributed by atoms with Crippen LogP contribution >= 0.6 is 23.8 Å². The summed E-state index contributed by atoms with van der Waals surface area (Å²) < 4.78 is 43.1. The molecule has 46 heavy (non-hydrogen) atoms. The van der Waals surface area contributed by atoms with E-state index in [4.69, 9.17) is 29.6 Å². The van der Waals surface area contributed by atoms with Crippen molar-refractivity contribution in [2.24, 2.45) is 17.6 Å². The minimum atomic E-state index is -1.55. The predicted octanol–water partition coefficient (Wildman–Crippen LogP) is 5.17. The summed E-state index contributed by atoms with van der Waals surface area (Å²) in [7, 11) is 0. The Hall–Kier alpha value is -3.64. The highest BCUT2D eigenvalue weighted by Gasteiger charge is 2.46. The van der Waals surface area contributed by atoms with E-state index >= 15 is 0 Å². The standard InChI is InChI=1S/C33H39ClF3N5O3S/c1-5-16(3)27(30(38)46)41-32(45)33(11-10-25-21(15-33)19-12-18(35)13-22(34)29(19)39-25)42-31(44)28(17(4)6-2)40-26(43)14-20-23(36)8-7-9-24(20)37/h7-9,12-13,16-17,27-28,39H,5-6,10-11,14-15H2,1-4H3,(H2,38,46)(H,40,43)(H,41,45)(H,42,44)/t16-,17?,27?,28-,33+/m0/s1. The molecule has 1 heterocycles. The van der Waals surface area contributed by atoms with E-state index in [0.29, 0.717) is 35.7 Å². The van der Waals surface area contributed by atoms with E-state index in [1.165, 1.54) is 18.2 Å². The molecule has 0 bridgehead atoms. The van der Waals surface area contributed by atoms with Crippen LogP contribution in [-0.4, -0.2) is 45.3 Å². The number of H-pyrrole nitrogens is 1. The van der Waals surface area contributed by atoms with Crippen molar-refractivity contribution in [3.05, 3.63) is 69.6 Å². The lowest BCUT2D eigenvalue weighted by Crippen LogP contribution is -2.67. The quantitative estimate of drug-likeness (QED) is 0.169. The Kier molecular flexibility index (Phi) is 11.0. The van der Waals surface area contributed by atoms with Crippen molar-refractivity contribution in [1.29, 1.82) is 0 Å². The zero-order valence-corrected chi connectivity index (χ0v) is 27.7. The summed E-state index contributed by atoms with van der Waals surface area (Å²) >= 11 is 11.6. The number of carbonyl (C=O) groups is 3. The third kappa shape index (κ3) is 7.33. The molecule has 6 N–H and O–H groups in total. The number of rotatable bonds is 12. The number of halogens is 4. The third-order valence-corrected chi connectivity index (χ3v) is 9.67. The van der Waals surface area contributed by atoms with Crippen LogP contribution < -0.4 is 21.7 Å². The summed E-state index contributed by atoms with van der Waals surface area (Å²) in [5, 5.41) is 9.17. The first kappa shape index (κ1) is 35.2. The summed E-state index contributed by atoms with van der Waals surface area (Å²) in [4.78, 5) is 44.7. The van der Waals surface area contributed by atoms with Crippen LogP contribution in [0.1, 0.15) is 63.8 Å². The van der Waals surface area contributed by atoms with Gasteiger partial charge in [0.05, 0.1) is 28.0 Å². The minimum absolute atomic E-state index is 0.0220. The topological polar surface area (TPSA) is 129 Å². The number of hydrogen-bond acceptors (Lipinski definition) is 4. The van der Waals surface area contributed by atoms with E-state index in [1.807, 2.05) is 20.8 Å². The Morgan fingerprint density at radius 3 is 2.28 bits per heavy atom. The van der Waals surface area contributed by atoms with Crippen molar-refractivity contribution in [3.63, 3.8) is 0 Å². The lowest BCUT2D eigenvalue weighted by Gasteiger charge is -2.40. The number of nitrogens with one attached hydrogen (secondary N) is 4. The van der Waals surface area contributed by atoms with Gasteiger partial charge >= 0.3 is 0 Å². The molecule has 2 unspecified atom stereocenters. The third-order valence-electron chi connectivity index (χ3n) is 9.11. The maximum Gasteiger partial charge on any atom is 0.246 e. The van der Waals surface area contributed by atoms with Crippen LogP contribution in [0.5, 0.6) is 0 Å². The van der Waals surface area contributed by atoms with Crippen LogP contribution in [0, 0.1) is 29.3 Å². The summed E-state index contributed by atoms with van der Waals surface area (Å²) in [6.07, 6.45) is 0.941. The molecule has 0 spiro atoms. The molecule has 2 aromatic carbocycles. The van der Waals surface area contributed by atoms with E-state index in [-0.39, 0.29) is 28.8 Å². The highest BCUT2D eigenvalue weighted by molar-refractivity contribution is 7.80. The van der Waals surface area contributed by atoms with Gasteiger partial charge in [-0.15, -0.1) is 0 Å². The Bertz CT molecular complexity index is 1650. The molecule has 3 amide bonds. The molecule has 0 saturated carbocycles. The monoisotopic (exact) mass is 677 g/mol. The lowest BCUT2D eigenvalue weighted by atomic mass is 9.78. The highest BCUT2D eigenvalue weighted by Crippen LogP contribution is 2.37. The lowest BCUT2D eigenvalue weighted by molar-refractivity contribution is -0.137. The Labute approximate surface area is 276 Å². The fraction of sp³-hybridized carbons (Fsp3) is 0.455. The molecule has 8 nitrogen and oxygen atoms in total. The van der Waals surface area contributed by atoms with Gasteiger partial charge in [-0.2, -0.15) is 0 Å². The molecule has 5 atom stereocenters. The maximum atomic E-state index is 14.5. The molecule has 0 fully saturated rings. The van der Waals surface area contributed by atoms with Gasteiger partial charge in [-0.25, -0.2) is 13.2 Å². The molecule has 4 rings (SSSR count). The van der Waals surface area contributed by atoms with Crippen molar-refractivity contribution in [3.8, 4) is 0 Å². The molecule has 3 aromatic rings. The number of carbonyl (C=O) groups excluding carboxylic acids is 3. The van der Waals surface area contributed by atoms with Crippen LogP contribution in [0.25, 0.3) is 10.9 Å². The first-order chi connectivity index (χ1) is 21.7. The first-order valence-electron chi connectivity index (χ1n) is 15.3. The van der Waals surface area contributed by atoms with Gasteiger partial charge in [-0.05, 0) is 54.5 Å². The van der Waals surface area contributed by atoms with Gasteiger partial charge in [0.15, 0.2) is 0 Å². The van der Waals surface area contributed by atoms with E-state index in [2.05, 4.69) is 20.9 Å². The second-order valence-corrected chi connectivity index (χ2v) is 13.1. The minimum Gasteiger partial charge on any atom is -0.392 e. The van der Waals surface area contributed by atoms with Crippen LogP contribution in [0.4, 0.5) is 13.2 Å². The molecule has 1 aliphatic carbocycles. The number of thiocarbonyl (C=S) groups is 1. The first-order valence-corrected chi connectivity index (χ1v) is 16.1. The van der Waals surface area contributed by atoms with Crippen LogP contribution in [0.2, 0.25) is 5.02 Å². The van der Waals surface area contributed by atoms with Gasteiger partial charge in [0, 0.05) is 23.1 Å². The second-order valence-electron chi connectivity index (χ2n) is 12.2. The Morgan fingerprint density at radius 1 is 1.04 bits per heavy atom. The number of benzene rings is 2. The van der Waals surface area contributed by atoms with Gasteiger partial charge in [0.2, 0.25) is 17.7 Å². The molecule has 1 aromatic heterocycles. The van der Waals surface area contributed by atoms with E-state index in [1.54, 1.807) is 6.92 Å². The fourth-order valence-electron chi connectivity index (χ4n) is 5.94.